The Morgan fingerprint density at radius 1 is 1.04 bits per heavy atom. The Morgan fingerprint density at radius 3 is 2.11 bits per heavy atom. The van der Waals surface area contributed by atoms with E-state index in [1.807, 2.05) is 19.1 Å². The van der Waals surface area contributed by atoms with E-state index >= 15 is 0 Å². The van der Waals surface area contributed by atoms with Gasteiger partial charge in [-0.15, -0.1) is 0 Å². The largest absolute Gasteiger partial charge is 0.496 e. The first-order chi connectivity index (χ1) is 13.0. The maximum absolute atomic E-state index is 5.79. The van der Waals surface area contributed by atoms with Gasteiger partial charge in [0.25, 0.3) is 0 Å². The summed E-state index contributed by atoms with van der Waals surface area (Å²) in [6, 6.07) is 3.68. The number of ether oxygens (including phenoxy) is 4. The monoisotopic (exact) mass is 381 g/mol. The smallest absolute Gasteiger partial charge is 0.191 e. The first kappa shape index (κ1) is 22.9. The van der Waals surface area contributed by atoms with Crippen LogP contribution in [0.3, 0.4) is 0 Å². The third kappa shape index (κ3) is 7.17. The Hall–Kier alpha value is -2.15. The second kappa shape index (κ2) is 12.3. The van der Waals surface area contributed by atoms with E-state index in [4.69, 9.17) is 18.9 Å². The highest BCUT2D eigenvalue weighted by atomic mass is 16.5. The predicted octanol–water partition coefficient (Wildman–Crippen LogP) is 2.83. The van der Waals surface area contributed by atoms with Crippen molar-refractivity contribution in [3.8, 4) is 17.2 Å². The van der Waals surface area contributed by atoms with Gasteiger partial charge in [0, 0.05) is 32.3 Å². The zero-order valence-corrected chi connectivity index (χ0v) is 17.7. The Morgan fingerprint density at radius 2 is 1.67 bits per heavy atom. The highest BCUT2D eigenvalue weighted by Gasteiger charge is 2.15. The number of hydrogen-bond acceptors (Lipinski definition) is 5. The Labute approximate surface area is 163 Å². The van der Waals surface area contributed by atoms with E-state index in [1.54, 1.807) is 28.4 Å². The third-order valence-electron chi connectivity index (χ3n) is 4.32. The van der Waals surface area contributed by atoms with E-state index in [1.165, 1.54) is 0 Å². The molecular formula is C20H35N3O4. The second-order valence-corrected chi connectivity index (χ2v) is 6.39. The average molecular weight is 382 g/mol. The fraction of sp³-hybridized carbons (Fsp3) is 0.650. The third-order valence-corrected chi connectivity index (χ3v) is 4.32. The standard InChI is InChI=1S/C20H35N3O4/c1-8-27-17(14(2)3)9-10-22-20(21-4)23-13-16-18(25-6)11-15(24-5)12-19(16)26-7/h11-12,14,17H,8-10,13H2,1-7H3,(H2,21,22,23). The molecule has 0 aliphatic carbocycles. The van der Waals surface area contributed by atoms with Crippen LogP contribution in [0.15, 0.2) is 17.1 Å². The van der Waals surface area contributed by atoms with Crippen molar-refractivity contribution in [3.63, 3.8) is 0 Å². The van der Waals surface area contributed by atoms with Crippen LogP contribution in [0.2, 0.25) is 0 Å². The van der Waals surface area contributed by atoms with Crippen molar-refractivity contribution in [3.05, 3.63) is 17.7 Å². The lowest BCUT2D eigenvalue weighted by atomic mass is 10.0. The van der Waals surface area contributed by atoms with Crippen LogP contribution in [-0.2, 0) is 11.3 Å². The summed E-state index contributed by atoms with van der Waals surface area (Å²) in [5.41, 5.74) is 0.901. The van der Waals surface area contributed by atoms with Gasteiger partial charge >= 0.3 is 0 Å². The van der Waals surface area contributed by atoms with Crippen molar-refractivity contribution in [1.82, 2.24) is 10.6 Å². The van der Waals surface area contributed by atoms with Gasteiger partial charge in [-0.3, -0.25) is 4.99 Å². The SMILES string of the molecule is CCOC(CCNC(=NC)NCc1c(OC)cc(OC)cc1OC)C(C)C. The molecule has 1 aromatic carbocycles. The Balaban J connectivity index is 2.70. The number of benzene rings is 1. The van der Waals surface area contributed by atoms with Crippen LogP contribution in [-0.4, -0.2) is 53.6 Å². The van der Waals surface area contributed by atoms with Crippen LogP contribution in [0.25, 0.3) is 0 Å². The highest BCUT2D eigenvalue weighted by molar-refractivity contribution is 5.79. The lowest BCUT2D eigenvalue weighted by Gasteiger charge is -2.22. The molecule has 0 fully saturated rings. The summed E-state index contributed by atoms with van der Waals surface area (Å²) in [4.78, 5) is 4.28. The molecule has 0 spiro atoms. The molecule has 0 aliphatic rings. The maximum atomic E-state index is 5.79. The molecule has 2 N–H and O–H groups in total. The van der Waals surface area contributed by atoms with E-state index in [2.05, 4.69) is 29.5 Å². The molecule has 7 heteroatoms. The number of guanidine groups is 1. The number of rotatable bonds is 11. The van der Waals surface area contributed by atoms with E-state index in [0.717, 1.165) is 25.1 Å². The summed E-state index contributed by atoms with van der Waals surface area (Å²) < 4.78 is 22.0. The molecule has 0 saturated carbocycles. The molecule has 0 saturated heterocycles. The van der Waals surface area contributed by atoms with Crippen LogP contribution in [0.1, 0.15) is 32.8 Å². The summed E-state index contributed by atoms with van der Waals surface area (Å²) >= 11 is 0. The van der Waals surface area contributed by atoms with Crippen molar-refractivity contribution >= 4 is 5.96 Å². The fourth-order valence-electron chi connectivity index (χ4n) is 2.80. The van der Waals surface area contributed by atoms with Gasteiger partial charge in [0.05, 0.1) is 39.5 Å². The van der Waals surface area contributed by atoms with Crippen molar-refractivity contribution in [2.75, 3.05) is 41.5 Å². The van der Waals surface area contributed by atoms with Gasteiger partial charge in [0.15, 0.2) is 5.96 Å². The molecule has 1 unspecified atom stereocenters. The van der Waals surface area contributed by atoms with Gasteiger partial charge in [0.1, 0.15) is 17.2 Å². The summed E-state index contributed by atoms with van der Waals surface area (Å²) in [5, 5.41) is 6.64. The van der Waals surface area contributed by atoms with Gasteiger partial charge in [-0.05, 0) is 19.3 Å². The first-order valence-electron chi connectivity index (χ1n) is 9.35. The lowest BCUT2D eigenvalue weighted by molar-refractivity contribution is 0.0258. The molecule has 0 bridgehead atoms. The van der Waals surface area contributed by atoms with Crippen LogP contribution >= 0.6 is 0 Å². The van der Waals surface area contributed by atoms with Gasteiger partial charge in [-0.1, -0.05) is 13.8 Å². The summed E-state index contributed by atoms with van der Waals surface area (Å²) in [7, 11) is 6.63. The molecule has 1 aromatic rings. The molecule has 1 atom stereocenters. The van der Waals surface area contributed by atoms with Crippen molar-refractivity contribution < 1.29 is 18.9 Å². The predicted molar refractivity (Wildman–Crippen MR) is 109 cm³/mol. The molecule has 0 radical (unpaired) electrons. The number of methoxy groups -OCH3 is 3. The minimum atomic E-state index is 0.238. The quantitative estimate of drug-likeness (QED) is 0.454. The summed E-state index contributed by atoms with van der Waals surface area (Å²) in [6.45, 7) is 8.39. The molecule has 7 nitrogen and oxygen atoms in total. The Bertz CT molecular complexity index is 566. The van der Waals surface area contributed by atoms with E-state index in [-0.39, 0.29) is 6.10 Å². The molecule has 154 valence electrons. The van der Waals surface area contributed by atoms with E-state index in [0.29, 0.717) is 35.7 Å². The van der Waals surface area contributed by atoms with Crippen LogP contribution in [0.5, 0.6) is 17.2 Å². The molecule has 0 amide bonds. The second-order valence-electron chi connectivity index (χ2n) is 6.39. The molecular weight excluding hydrogens is 346 g/mol. The van der Waals surface area contributed by atoms with Crippen LogP contribution < -0.4 is 24.8 Å². The molecule has 27 heavy (non-hydrogen) atoms. The molecule has 0 heterocycles. The van der Waals surface area contributed by atoms with Gasteiger partial charge in [0.2, 0.25) is 0 Å². The molecule has 0 aromatic heterocycles. The minimum absolute atomic E-state index is 0.238. The van der Waals surface area contributed by atoms with E-state index < -0.39 is 0 Å². The number of nitrogens with zero attached hydrogens (tertiary/aromatic N) is 1. The van der Waals surface area contributed by atoms with Gasteiger partial charge in [-0.25, -0.2) is 0 Å². The van der Waals surface area contributed by atoms with Gasteiger partial charge < -0.3 is 29.6 Å². The van der Waals surface area contributed by atoms with Crippen molar-refractivity contribution in [1.29, 1.82) is 0 Å². The first-order valence-corrected chi connectivity index (χ1v) is 9.35. The van der Waals surface area contributed by atoms with E-state index in [9.17, 15) is 0 Å². The average Bonchev–Trinajstić information content (AvgIpc) is 2.68. The Kier molecular flexibility index (Phi) is 10.4. The molecule has 0 aliphatic heterocycles. The fourth-order valence-corrected chi connectivity index (χ4v) is 2.80. The van der Waals surface area contributed by atoms with Gasteiger partial charge in [-0.2, -0.15) is 0 Å². The lowest BCUT2D eigenvalue weighted by Crippen LogP contribution is -2.39. The topological polar surface area (TPSA) is 73.3 Å². The zero-order valence-electron chi connectivity index (χ0n) is 17.7. The minimum Gasteiger partial charge on any atom is -0.496 e. The van der Waals surface area contributed by atoms with Crippen LogP contribution in [0.4, 0.5) is 0 Å². The number of aliphatic imine (C=N–C) groups is 1. The highest BCUT2D eigenvalue weighted by Crippen LogP contribution is 2.33. The summed E-state index contributed by atoms with van der Waals surface area (Å²) in [6.07, 6.45) is 1.16. The number of hydrogen-bond donors (Lipinski definition) is 2. The maximum Gasteiger partial charge on any atom is 0.191 e. The van der Waals surface area contributed by atoms with Crippen molar-refractivity contribution in [2.45, 2.75) is 39.8 Å². The zero-order chi connectivity index (χ0) is 20.2. The normalized spacial score (nSPS) is 12.7. The van der Waals surface area contributed by atoms with Crippen LogP contribution in [0, 0.1) is 5.92 Å². The number of nitrogens with one attached hydrogen (secondary N) is 2. The van der Waals surface area contributed by atoms with Crippen molar-refractivity contribution in [2.24, 2.45) is 10.9 Å². The summed E-state index contributed by atoms with van der Waals surface area (Å²) in [5.74, 6) is 3.28. The molecule has 1 rings (SSSR count).